The molecule has 1 aromatic carbocycles. The SMILES string of the molecule is NC(=O)c1cc(NCC2CCC2)nc2ccccc12. The highest BCUT2D eigenvalue weighted by molar-refractivity contribution is 6.06. The van der Waals surface area contributed by atoms with Crippen LogP contribution >= 0.6 is 0 Å². The van der Waals surface area contributed by atoms with Gasteiger partial charge in [-0.2, -0.15) is 0 Å². The van der Waals surface area contributed by atoms with Crippen molar-refractivity contribution >= 4 is 22.6 Å². The van der Waals surface area contributed by atoms with E-state index in [1.165, 1.54) is 19.3 Å². The van der Waals surface area contributed by atoms with Gasteiger partial charge in [0, 0.05) is 11.9 Å². The number of fused-ring (bicyclic) bond motifs is 1. The van der Waals surface area contributed by atoms with Gasteiger partial charge in [0.25, 0.3) is 0 Å². The molecular formula is C15H17N3O. The van der Waals surface area contributed by atoms with Crippen molar-refractivity contribution in [2.45, 2.75) is 19.3 Å². The van der Waals surface area contributed by atoms with E-state index in [2.05, 4.69) is 10.3 Å². The number of pyridine rings is 1. The van der Waals surface area contributed by atoms with Crippen molar-refractivity contribution in [3.63, 3.8) is 0 Å². The average molecular weight is 255 g/mol. The molecule has 1 aliphatic rings. The number of amides is 1. The van der Waals surface area contributed by atoms with Crippen LogP contribution in [0.5, 0.6) is 0 Å². The van der Waals surface area contributed by atoms with Gasteiger partial charge in [0.15, 0.2) is 0 Å². The van der Waals surface area contributed by atoms with Crippen molar-refractivity contribution in [2.24, 2.45) is 11.7 Å². The van der Waals surface area contributed by atoms with E-state index in [-0.39, 0.29) is 0 Å². The van der Waals surface area contributed by atoms with Crippen LogP contribution in [0.3, 0.4) is 0 Å². The summed E-state index contributed by atoms with van der Waals surface area (Å²) < 4.78 is 0. The minimum atomic E-state index is -0.412. The number of nitrogens with one attached hydrogen (secondary N) is 1. The second-order valence-electron chi connectivity index (χ2n) is 5.11. The number of para-hydroxylation sites is 1. The Morgan fingerprint density at radius 2 is 2.16 bits per heavy atom. The third kappa shape index (κ3) is 2.38. The molecule has 0 unspecified atom stereocenters. The molecule has 0 aliphatic heterocycles. The molecule has 1 aliphatic carbocycles. The Hall–Kier alpha value is -2.10. The number of hydrogen-bond acceptors (Lipinski definition) is 3. The number of carbonyl (C=O) groups is 1. The lowest BCUT2D eigenvalue weighted by atomic mass is 9.85. The first-order valence-corrected chi connectivity index (χ1v) is 6.67. The molecule has 0 spiro atoms. The molecule has 4 heteroatoms. The number of rotatable bonds is 4. The zero-order valence-electron chi connectivity index (χ0n) is 10.7. The second-order valence-corrected chi connectivity index (χ2v) is 5.11. The highest BCUT2D eigenvalue weighted by Crippen LogP contribution is 2.27. The third-order valence-corrected chi connectivity index (χ3v) is 3.78. The van der Waals surface area contributed by atoms with E-state index < -0.39 is 5.91 Å². The summed E-state index contributed by atoms with van der Waals surface area (Å²) in [7, 11) is 0. The second kappa shape index (κ2) is 4.88. The fraction of sp³-hybridized carbons (Fsp3) is 0.333. The van der Waals surface area contributed by atoms with Crippen LogP contribution in [0.2, 0.25) is 0 Å². The van der Waals surface area contributed by atoms with Crippen molar-refractivity contribution in [3.05, 3.63) is 35.9 Å². The molecule has 1 amide bonds. The number of primary amides is 1. The molecule has 0 bridgehead atoms. The Balaban J connectivity index is 1.93. The molecule has 3 N–H and O–H groups in total. The molecule has 0 radical (unpaired) electrons. The maximum absolute atomic E-state index is 11.5. The van der Waals surface area contributed by atoms with E-state index >= 15 is 0 Å². The van der Waals surface area contributed by atoms with Crippen LogP contribution in [0.25, 0.3) is 10.9 Å². The van der Waals surface area contributed by atoms with Gasteiger partial charge < -0.3 is 11.1 Å². The van der Waals surface area contributed by atoms with Gasteiger partial charge in [-0.1, -0.05) is 24.6 Å². The quantitative estimate of drug-likeness (QED) is 0.882. The summed E-state index contributed by atoms with van der Waals surface area (Å²) >= 11 is 0. The first kappa shape index (κ1) is 12.0. The first-order valence-electron chi connectivity index (χ1n) is 6.67. The number of carbonyl (C=O) groups excluding carboxylic acids is 1. The van der Waals surface area contributed by atoms with Gasteiger partial charge in [-0.25, -0.2) is 4.98 Å². The molecule has 3 rings (SSSR count). The molecule has 1 fully saturated rings. The van der Waals surface area contributed by atoms with E-state index in [1.54, 1.807) is 6.07 Å². The average Bonchev–Trinajstić information content (AvgIpc) is 2.36. The number of hydrogen-bond donors (Lipinski definition) is 2. The van der Waals surface area contributed by atoms with E-state index in [9.17, 15) is 4.79 Å². The van der Waals surface area contributed by atoms with Gasteiger partial charge in [0.2, 0.25) is 5.91 Å². The molecule has 19 heavy (non-hydrogen) atoms. The predicted octanol–water partition coefficient (Wildman–Crippen LogP) is 2.55. The van der Waals surface area contributed by atoms with E-state index in [4.69, 9.17) is 5.73 Å². The Morgan fingerprint density at radius 1 is 1.37 bits per heavy atom. The van der Waals surface area contributed by atoms with Gasteiger partial charge in [-0.15, -0.1) is 0 Å². The summed E-state index contributed by atoms with van der Waals surface area (Å²) in [5.74, 6) is 1.06. The minimum absolute atomic E-state index is 0.412. The Morgan fingerprint density at radius 3 is 2.84 bits per heavy atom. The summed E-state index contributed by atoms with van der Waals surface area (Å²) in [6, 6.07) is 9.32. The van der Waals surface area contributed by atoms with Crippen molar-refractivity contribution in [1.29, 1.82) is 0 Å². The van der Waals surface area contributed by atoms with E-state index in [0.29, 0.717) is 5.56 Å². The largest absolute Gasteiger partial charge is 0.370 e. The van der Waals surface area contributed by atoms with Crippen molar-refractivity contribution in [1.82, 2.24) is 4.98 Å². The Labute approximate surface area is 112 Å². The molecule has 4 nitrogen and oxygen atoms in total. The molecular weight excluding hydrogens is 238 g/mol. The zero-order valence-corrected chi connectivity index (χ0v) is 10.7. The van der Waals surface area contributed by atoms with Gasteiger partial charge >= 0.3 is 0 Å². The lowest BCUT2D eigenvalue weighted by Crippen LogP contribution is -2.21. The smallest absolute Gasteiger partial charge is 0.249 e. The number of aromatic nitrogens is 1. The fourth-order valence-electron chi connectivity index (χ4n) is 2.42. The summed E-state index contributed by atoms with van der Waals surface area (Å²) in [6.45, 7) is 0.920. The maximum Gasteiger partial charge on any atom is 0.249 e. The van der Waals surface area contributed by atoms with Crippen molar-refractivity contribution < 1.29 is 4.79 Å². The van der Waals surface area contributed by atoms with Gasteiger partial charge in [0.1, 0.15) is 5.82 Å². The van der Waals surface area contributed by atoms with Gasteiger partial charge in [-0.3, -0.25) is 4.79 Å². The van der Waals surface area contributed by atoms with Crippen LogP contribution < -0.4 is 11.1 Å². The normalized spacial score (nSPS) is 15.2. The molecule has 98 valence electrons. The highest BCUT2D eigenvalue weighted by atomic mass is 16.1. The zero-order chi connectivity index (χ0) is 13.2. The summed E-state index contributed by atoms with van der Waals surface area (Å²) in [5, 5.41) is 4.12. The molecule has 1 heterocycles. The summed E-state index contributed by atoms with van der Waals surface area (Å²) in [4.78, 5) is 16.1. The molecule has 1 aromatic heterocycles. The van der Waals surface area contributed by atoms with Crippen LogP contribution in [0.4, 0.5) is 5.82 Å². The number of nitrogens with two attached hydrogens (primary N) is 1. The predicted molar refractivity (Wildman–Crippen MR) is 76.1 cm³/mol. The van der Waals surface area contributed by atoms with E-state index in [1.807, 2.05) is 24.3 Å². The fourth-order valence-corrected chi connectivity index (χ4v) is 2.42. The summed E-state index contributed by atoms with van der Waals surface area (Å²) in [6.07, 6.45) is 3.89. The monoisotopic (exact) mass is 255 g/mol. The topological polar surface area (TPSA) is 68.0 Å². The standard InChI is InChI=1S/C15H17N3O/c16-15(19)12-8-14(17-9-10-4-3-5-10)18-13-7-2-1-6-11(12)13/h1-2,6-8,10H,3-5,9H2,(H2,16,19)(H,17,18). The number of nitrogens with zero attached hydrogens (tertiary/aromatic N) is 1. The summed E-state index contributed by atoms with van der Waals surface area (Å²) in [5.41, 5.74) is 6.78. The van der Waals surface area contributed by atoms with Crippen LogP contribution in [-0.2, 0) is 0 Å². The highest BCUT2D eigenvalue weighted by Gasteiger charge is 2.17. The van der Waals surface area contributed by atoms with E-state index in [0.717, 1.165) is 29.2 Å². The minimum Gasteiger partial charge on any atom is -0.370 e. The lowest BCUT2D eigenvalue weighted by Gasteiger charge is -2.25. The Kier molecular flexibility index (Phi) is 3.07. The van der Waals surface area contributed by atoms with Gasteiger partial charge in [0.05, 0.1) is 11.1 Å². The van der Waals surface area contributed by atoms with Crippen LogP contribution in [0, 0.1) is 5.92 Å². The number of benzene rings is 1. The van der Waals surface area contributed by atoms with Crippen LogP contribution in [0.15, 0.2) is 30.3 Å². The molecule has 0 saturated heterocycles. The van der Waals surface area contributed by atoms with Gasteiger partial charge in [-0.05, 0) is 30.9 Å². The van der Waals surface area contributed by atoms with Crippen LogP contribution in [0.1, 0.15) is 29.6 Å². The first-order chi connectivity index (χ1) is 9.24. The number of anilines is 1. The van der Waals surface area contributed by atoms with Crippen molar-refractivity contribution in [2.75, 3.05) is 11.9 Å². The Bertz CT molecular complexity index is 620. The van der Waals surface area contributed by atoms with Crippen molar-refractivity contribution in [3.8, 4) is 0 Å². The molecule has 0 atom stereocenters. The third-order valence-electron chi connectivity index (χ3n) is 3.78. The molecule has 1 saturated carbocycles. The lowest BCUT2D eigenvalue weighted by molar-refractivity contribution is 0.100. The maximum atomic E-state index is 11.5. The van der Waals surface area contributed by atoms with Crippen LogP contribution in [-0.4, -0.2) is 17.4 Å². The molecule has 2 aromatic rings.